The van der Waals surface area contributed by atoms with Gasteiger partial charge in [-0.05, 0) is 25.0 Å². The summed E-state index contributed by atoms with van der Waals surface area (Å²) < 4.78 is 0. The van der Waals surface area contributed by atoms with E-state index >= 15 is 0 Å². The molecule has 19 heavy (non-hydrogen) atoms. The lowest BCUT2D eigenvalue weighted by molar-refractivity contribution is -0.149. The molecule has 0 radical (unpaired) electrons. The van der Waals surface area contributed by atoms with Crippen molar-refractivity contribution in [3.05, 3.63) is 29.0 Å². The van der Waals surface area contributed by atoms with E-state index in [2.05, 4.69) is 9.97 Å². The zero-order valence-corrected chi connectivity index (χ0v) is 11.8. The molecule has 0 unspecified atom stereocenters. The van der Waals surface area contributed by atoms with E-state index in [-0.39, 0.29) is 0 Å². The summed E-state index contributed by atoms with van der Waals surface area (Å²) in [6.45, 7) is 3.79. The third kappa shape index (κ3) is 2.45. The molecule has 0 saturated carbocycles. The van der Waals surface area contributed by atoms with Crippen LogP contribution in [0.2, 0.25) is 5.02 Å². The summed E-state index contributed by atoms with van der Waals surface area (Å²) in [5.41, 5.74) is 0.778. The van der Waals surface area contributed by atoms with Crippen LogP contribution in [0.25, 0.3) is 11.0 Å². The molecule has 1 aromatic carbocycles. The maximum atomic E-state index is 11.5. The minimum Gasteiger partial charge on any atom is -0.481 e. The third-order valence-corrected chi connectivity index (χ3v) is 4.13. The number of halogens is 1. The molecule has 2 N–H and O–H groups in total. The average Bonchev–Trinajstić information content (AvgIpc) is 2.79. The Morgan fingerprint density at radius 1 is 1.42 bits per heavy atom. The van der Waals surface area contributed by atoms with Gasteiger partial charge in [-0.25, -0.2) is 4.98 Å². The van der Waals surface area contributed by atoms with Crippen LogP contribution in [0, 0.1) is 5.41 Å². The molecule has 2 rings (SSSR count). The molecule has 1 heterocycles. The highest BCUT2D eigenvalue weighted by Gasteiger charge is 2.36. The van der Waals surface area contributed by atoms with Crippen LogP contribution in [-0.4, -0.2) is 21.0 Å². The van der Waals surface area contributed by atoms with E-state index in [1.54, 1.807) is 6.07 Å². The number of aromatic amines is 1. The molecule has 0 bridgehead atoms. The summed E-state index contributed by atoms with van der Waals surface area (Å²) in [5, 5.41) is 10.0. The van der Waals surface area contributed by atoms with Crippen LogP contribution in [0.15, 0.2) is 18.2 Å². The molecule has 4 nitrogen and oxygen atoms in total. The Bertz CT molecular complexity index is 603. The number of imidazole rings is 1. The molecule has 0 amide bonds. The van der Waals surface area contributed by atoms with Crippen molar-refractivity contribution in [2.24, 2.45) is 5.41 Å². The number of fused-ring (bicyclic) bond motifs is 1. The van der Waals surface area contributed by atoms with Crippen LogP contribution >= 0.6 is 11.6 Å². The normalized spacial score (nSPS) is 11.9. The largest absolute Gasteiger partial charge is 0.481 e. The SMILES string of the molecule is CCC(CC)(Cc1nc2c(Cl)cccc2[nH]1)C(=O)O. The highest BCUT2D eigenvalue weighted by Crippen LogP contribution is 2.31. The monoisotopic (exact) mass is 280 g/mol. The molecular weight excluding hydrogens is 264 g/mol. The van der Waals surface area contributed by atoms with Gasteiger partial charge in [-0.2, -0.15) is 0 Å². The van der Waals surface area contributed by atoms with Gasteiger partial charge in [-0.1, -0.05) is 31.5 Å². The summed E-state index contributed by atoms with van der Waals surface area (Å²) in [5.74, 6) is -0.0988. The van der Waals surface area contributed by atoms with E-state index in [0.29, 0.717) is 35.6 Å². The first-order valence-corrected chi connectivity index (χ1v) is 6.76. The van der Waals surface area contributed by atoms with E-state index in [0.717, 1.165) is 5.52 Å². The Kier molecular flexibility index (Phi) is 3.80. The zero-order valence-electron chi connectivity index (χ0n) is 11.0. The number of carboxylic acids is 1. The maximum Gasteiger partial charge on any atom is 0.310 e. The Morgan fingerprint density at radius 2 is 2.11 bits per heavy atom. The number of nitrogens with one attached hydrogen (secondary N) is 1. The number of benzene rings is 1. The highest BCUT2D eigenvalue weighted by atomic mass is 35.5. The molecule has 0 aliphatic heterocycles. The van der Waals surface area contributed by atoms with Crippen molar-refractivity contribution < 1.29 is 9.90 Å². The summed E-state index contributed by atoms with van der Waals surface area (Å²) >= 11 is 6.07. The Balaban J connectivity index is 2.40. The Hall–Kier alpha value is -1.55. The van der Waals surface area contributed by atoms with Gasteiger partial charge < -0.3 is 10.1 Å². The number of hydrogen-bond acceptors (Lipinski definition) is 2. The van der Waals surface area contributed by atoms with Crippen LogP contribution < -0.4 is 0 Å². The number of nitrogens with zero attached hydrogens (tertiary/aromatic N) is 1. The lowest BCUT2D eigenvalue weighted by Crippen LogP contribution is -2.32. The fraction of sp³-hybridized carbons (Fsp3) is 0.429. The zero-order chi connectivity index (χ0) is 14.0. The second kappa shape index (κ2) is 5.21. The lowest BCUT2D eigenvalue weighted by Gasteiger charge is -2.25. The standard InChI is InChI=1S/C14H17ClN2O2/c1-3-14(4-2,13(18)19)8-11-16-10-7-5-6-9(15)12(10)17-11/h5-7H,3-4,8H2,1-2H3,(H,16,17)(H,18,19). The first-order chi connectivity index (χ1) is 9.02. The number of H-pyrrole nitrogens is 1. The molecule has 5 heteroatoms. The van der Waals surface area contributed by atoms with E-state index in [9.17, 15) is 9.90 Å². The minimum atomic E-state index is -0.774. The van der Waals surface area contributed by atoms with Crippen molar-refractivity contribution in [2.75, 3.05) is 0 Å². The minimum absolute atomic E-state index is 0.389. The number of carbonyl (C=O) groups is 1. The van der Waals surface area contributed by atoms with Gasteiger partial charge in [-0.15, -0.1) is 0 Å². The van der Waals surface area contributed by atoms with Gasteiger partial charge in [0.15, 0.2) is 0 Å². The highest BCUT2D eigenvalue weighted by molar-refractivity contribution is 6.34. The van der Waals surface area contributed by atoms with Crippen molar-refractivity contribution in [3.8, 4) is 0 Å². The van der Waals surface area contributed by atoms with Crippen molar-refractivity contribution >= 4 is 28.6 Å². The number of aromatic nitrogens is 2. The molecule has 102 valence electrons. The third-order valence-electron chi connectivity index (χ3n) is 3.83. The average molecular weight is 281 g/mol. The number of hydrogen-bond donors (Lipinski definition) is 2. The maximum absolute atomic E-state index is 11.5. The smallest absolute Gasteiger partial charge is 0.310 e. The molecule has 0 spiro atoms. The van der Waals surface area contributed by atoms with Crippen LogP contribution in [0.4, 0.5) is 0 Å². The topological polar surface area (TPSA) is 66.0 Å². The molecule has 0 aliphatic rings. The lowest BCUT2D eigenvalue weighted by atomic mass is 9.79. The molecule has 1 aromatic heterocycles. The Morgan fingerprint density at radius 3 is 2.63 bits per heavy atom. The van der Waals surface area contributed by atoms with Gasteiger partial charge in [0.2, 0.25) is 0 Å². The number of aliphatic carboxylic acids is 1. The number of carboxylic acid groups (broad SMARTS) is 1. The molecule has 2 aromatic rings. The molecule has 0 saturated heterocycles. The quantitative estimate of drug-likeness (QED) is 0.878. The van der Waals surface area contributed by atoms with Crippen molar-refractivity contribution in [1.82, 2.24) is 9.97 Å². The summed E-state index contributed by atoms with van der Waals surface area (Å²) in [4.78, 5) is 19.1. The molecule has 0 atom stereocenters. The van der Waals surface area contributed by atoms with Crippen LogP contribution in [-0.2, 0) is 11.2 Å². The number of rotatable bonds is 5. The first-order valence-electron chi connectivity index (χ1n) is 6.39. The second-order valence-electron chi connectivity index (χ2n) is 4.79. The van der Waals surface area contributed by atoms with E-state index in [4.69, 9.17) is 11.6 Å². The van der Waals surface area contributed by atoms with E-state index in [1.165, 1.54) is 0 Å². The summed E-state index contributed by atoms with van der Waals surface area (Å²) in [6.07, 6.45) is 1.54. The van der Waals surface area contributed by atoms with Crippen LogP contribution in [0.5, 0.6) is 0 Å². The van der Waals surface area contributed by atoms with Crippen molar-refractivity contribution in [3.63, 3.8) is 0 Å². The van der Waals surface area contributed by atoms with Gasteiger partial charge >= 0.3 is 5.97 Å². The van der Waals surface area contributed by atoms with Crippen molar-refractivity contribution in [1.29, 1.82) is 0 Å². The first kappa shape index (κ1) is 13.9. The van der Waals surface area contributed by atoms with E-state index < -0.39 is 11.4 Å². The van der Waals surface area contributed by atoms with Gasteiger partial charge in [-0.3, -0.25) is 4.79 Å². The molecule has 0 aliphatic carbocycles. The Labute approximate surface area is 116 Å². The van der Waals surface area contributed by atoms with Gasteiger partial charge in [0.25, 0.3) is 0 Å². The molecule has 0 fully saturated rings. The predicted octanol–water partition coefficient (Wildman–Crippen LogP) is 3.65. The fourth-order valence-electron chi connectivity index (χ4n) is 2.33. The van der Waals surface area contributed by atoms with E-state index in [1.807, 2.05) is 26.0 Å². The second-order valence-corrected chi connectivity index (χ2v) is 5.20. The summed E-state index contributed by atoms with van der Waals surface area (Å²) in [7, 11) is 0. The van der Waals surface area contributed by atoms with Gasteiger partial charge in [0.1, 0.15) is 11.3 Å². The fourth-order valence-corrected chi connectivity index (χ4v) is 2.55. The van der Waals surface area contributed by atoms with Gasteiger partial charge in [0.05, 0.1) is 16.0 Å². The van der Waals surface area contributed by atoms with Gasteiger partial charge in [0, 0.05) is 6.42 Å². The van der Waals surface area contributed by atoms with Crippen LogP contribution in [0.3, 0.4) is 0 Å². The van der Waals surface area contributed by atoms with Crippen molar-refractivity contribution in [2.45, 2.75) is 33.1 Å². The predicted molar refractivity (Wildman–Crippen MR) is 75.5 cm³/mol. The van der Waals surface area contributed by atoms with Crippen LogP contribution in [0.1, 0.15) is 32.5 Å². The number of para-hydroxylation sites is 1. The molecular formula is C14H17ClN2O2. The summed E-state index contributed by atoms with van der Waals surface area (Å²) in [6, 6.07) is 5.51.